The molecule has 0 aliphatic carbocycles. The minimum atomic E-state index is -0.623. The third-order valence-corrected chi connectivity index (χ3v) is 6.26. The van der Waals surface area contributed by atoms with Crippen molar-refractivity contribution in [3.63, 3.8) is 0 Å². The summed E-state index contributed by atoms with van der Waals surface area (Å²) in [7, 11) is 0.510. The lowest BCUT2D eigenvalue weighted by Crippen LogP contribution is -2.27. The van der Waals surface area contributed by atoms with Gasteiger partial charge in [-0.2, -0.15) is 0 Å². The van der Waals surface area contributed by atoms with E-state index in [0.717, 1.165) is 4.57 Å². The van der Waals surface area contributed by atoms with Crippen molar-refractivity contribution >= 4 is 47.4 Å². The Morgan fingerprint density at radius 1 is 0.729 bits per heavy atom. The standard InChI is InChI=1S/C17H18FNO3.C9H13BNO4.C8H6BrFO/c1-11(20)13-8-7-12(10-14(13)18)15-6-5-9-19(15)16(21)22-17(2,3)4;1-9(2,3)14-8(12)11-6-4-5-7(11)15-10-13;1-5(11)7-3-2-6(9)4-8(7)10/h5-10H,1-4H3;4-6,13H,1-3H3;2-4H,1H3. The quantitative estimate of drug-likeness (QED) is 0.161. The van der Waals surface area contributed by atoms with E-state index in [4.69, 9.17) is 19.2 Å². The highest BCUT2D eigenvalue weighted by Gasteiger charge is 2.21. The van der Waals surface area contributed by atoms with Crippen molar-refractivity contribution in [1.29, 1.82) is 0 Å². The lowest BCUT2D eigenvalue weighted by molar-refractivity contribution is 0.0522. The van der Waals surface area contributed by atoms with Crippen LogP contribution in [0, 0.1) is 11.6 Å². The molecular weight excluding hydrogens is 693 g/mol. The van der Waals surface area contributed by atoms with Gasteiger partial charge in [-0.15, -0.1) is 0 Å². The first-order valence-corrected chi connectivity index (χ1v) is 15.2. The monoisotopic (exact) mass is 729 g/mol. The lowest BCUT2D eigenvalue weighted by Gasteiger charge is -2.20. The molecule has 0 spiro atoms. The first-order valence-electron chi connectivity index (χ1n) is 14.4. The number of rotatable bonds is 5. The first kappa shape index (κ1) is 39.6. The summed E-state index contributed by atoms with van der Waals surface area (Å²) in [4.78, 5) is 45.7. The van der Waals surface area contributed by atoms with Crippen LogP contribution < -0.4 is 4.65 Å². The molecule has 48 heavy (non-hydrogen) atoms. The van der Waals surface area contributed by atoms with Gasteiger partial charge in [0, 0.05) is 22.4 Å². The van der Waals surface area contributed by atoms with Crippen LogP contribution in [0.5, 0.6) is 5.88 Å². The van der Waals surface area contributed by atoms with Crippen molar-refractivity contribution in [2.45, 2.75) is 66.6 Å². The van der Waals surface area contributed by atoms with Crippen molar-refractivity contribution in [1.82, 2.24) is 9.13 Å². The number of benzene rings is 2. The van der Waals surface area contributed by atoms with E-state index >= 15 is 0 Å². The number of nitrogens with zero attached hydrogens (tertiary/aromatic N) is 2. The number of carbonyl (C=O) groups is 4. The van der Waals surface area contributed by atoms with E-state index in [9.17, 15) is 28.0 Å². The van der Waals surface area contributed by atoms with Gasteiger partial charge >= 0.3 is 19.9 Å². The Bertz CT molecular complexity index is 1760. The molecule has 2 heterocycles. The van der Waals surface area contributed by atoms with Crippen LogP contribution in [-0.4, -0.2) is 56.8 Å². The fraction of sp³-hybridized carbons (Fsp3) is 0.294. The van der Waals surface area contributed by atoms with Gasteiger partial charge in [-0.25, -0.2) is 22.9 Å². The second-order valence-electron chi connectivity index (χ2n) is 12.1. The number of aromatic nitrogens is 2. The Labute approximate surface area is 287 Å². The summed E-state index contributed by atoms with van der Waals surface area (Å²) in [6, 6.07) is 15.2. The van der Waals surface area contributed by atoms with Crippen molar-refractivity contribution in [3.8, 4) is 17.1 Å². The van der Waals surface area contributed by atoms with E-state index in [1.54, 1.807) is 78.1 Å². The molecule has 0 saturated carbocycles. The molecule has 0 fully saturated rings. The lowest BCUT2D eigenvalue weighted by atomic mass is 10.1. The molecule has 10 nitrogen and oxygen atoms in total. The van der Waals surface area contributed by atoms with Crippen molar-refractivity contribution in [3.05, 3.63) is 100 Å². The van der Waals surface area contributed by atoms with Crippen LogP contribution in [-0.2, 0) is 9.47 Å². The summed E-state index contributed by atoms with van der Waals surface area (Å²) in [6.07, 6.45) is 1.96. The Balaban J connectivity index is 0.000000267. The SMILES string of the molecule is CC(=O)c1ccc(-c2cccn2C(=O)OC(C)(C)C)cc1F.CC(=O)c1ccc(Br)cc1F.CC(C)(C)OC(=O)n1cccc1O[B]O. The smallest absolute Gasteiger partial charge is 0.524 e. The molecule has 4 rings (SSSR count). The minimum Gasteiger partial charge on any atom is -0.524 e. The van der Waals surface area contributed by atoms with Crippen LogP contribution in [0.3, 0.4) is 0 Å². The largest absolute Gasteiger partial charge is 0.570 e. The maximum absolute atomic E-state index is 14.0. The molecule has 255 valence electrons. The Kier molecular flexibility index (Phi) is 14.1. The van der Waals surface area contributed by atoms with Gasteiger partial charge in [-0.05, 0) is 110 Å². The summed E-state index contributed by atoms with van der Waals surface area (Å²) in [6.45, 7) is 13.3. The molecule has 0 aliphatic rings. The van der Waals surface area contributed by atoms with Crippen LogP contribution >= 0.6 is 15.9 Å². The van der Waals surface area contributed by atoms with E-state index in [1.807, 2.05) is 0 Å². The molecule has 0 aliphatic heterocycles. The Morgan fingerprint density at radius 2 is 1.21 bits per heavy atom. The molecule has 0 amide bonds. The summed E-state index contributed by atoms with van der Waals surface area (Å²) in [5.41, 5.74) is -0.0295. The topological polar surface area (TPSA) is 126 Å². The Hall–Kier alpha value is -4.56. The van der Waals surface area contributed by atoms with Gasteiger partial charge in [0.2, 0.25) is 0 Å². The van der Waals surface area contributed by atoms with Gasteiger partial charge in [0.15, 0.2) is 17.4 Å². The van der Waals surface area contributed by atoms with Gasteiger partial charge in [-0.1, -0.05) is 22.0 Å². The number of hydrogen-bond donors (Lipinski definition) is 1. The number of Topliss-reactive ketones (excluding diaryl/α,β-unsaturated/α-hetero) is 2. The van der Waals surface area contributed by atoms with Crippen LogP contribution in [0.4, 0.5) is 18.4 Å². The predicted molar refractivity (Wildman–Crippen MR) is 180 cm³/mol. The van der Waals surface area contributed by atoms with Crippen LogP contribution in [0.25, 0.3) is 11.3 Å². The fourth-order valence-electron chi connectivity index (χ4n) is 3.80. The maximum Gasteiger partial charge on any atom is 0.570 e. The number of ketones is 2. The molecule has 0 atom stereocenters. The number of halogens is 3. The van der Waals surface area contributed by atoms with E-state index in [2.05, 4.69) is 15.9 Å². The minimum absolute atomic E-state index is 0.0270. The normalized spacial score (nSPS) is 10.8. The molecule has 2 aromatic carbocycles. The van der Waals surface area contributed by atoms with Crippen molar-refractivity contribution < 1.29 is 47.1 Å². The van der Waals surface area contributed by atoms with Crippen molar-refractivity contribution in [2.75, 3.05) is 0 Å². The first-order chi connectivity index (χ1) is 22.2. The predicted octanol–water partition coefficient (Wildman–Crippen LogP) is 8.25. The molecule has 1 N–H and O–H groups in total. The van der Waals surface area contributed by atoms with Gasteiger partial charge in [0.05, 0.1) is 16.8 Å². The third kappa shape index (κ3) is 12.2. The number of hydrogen-bond acceptors (Lipinski definition) is 8. The summed E-state index contributed by atoms with van der Waals surface area (Å²) < 4.78 is 45.1. The molecule has 0 saturated heterocycles. The summed E-state index contributed by atoms with van der Waals surface area (Å²) in [5, 5.41) is 8.46. The molecule has 1 radical (unpaired) electrons. The zero-order valence-corrected chi connectivity index (χ0v) is 29.4. The number of carbonyl (C=O) groups excluding carboxylic acids is 4. The van der Waals surface area contributed by atoms with Gasteiger partial charge in [-0.3, -0.25) is 14.2 Å². The molecule has 4 aromatic rings. The average molecular weight is 730 g/mol. The highest BCUT2D eigenvalue weighted by molar-refractivity contribution is 9.10. The number of ether oxygens (including phenoxy) is 2. The molecular formula is C34H37BBrF2N2O8. The zero-order valence-electron chi connectivity index (χ0n) is 27.8. The summed E-state index contributed by atoms with van der Waals surface area (Å²) in [5.74, 6) is -1.48. The Morgan fingerprint density at radius 3 is 1.69 bits per heavy atom. The highest BCUT2D eigenvalue weighted by atomic mass is 79.9. The van der Waals surface area contributed by atoms with Gasteiger partial charge < -0.3 is 19.2 Å². The molecule has 2 aromatic heterocycles. The van der Waals surface area contributed by atoms with E-state index in [-0.39, 0.29) is 28.6 Å². The van der Waals surface area contributed by atoms with E-state index in [0.29, 0.717) is 23.4 Å². The highest BCUT2D eigenvalue weighted by Crippen LogP contribution is 2.24. The van der Waals surface area contributed by atoms with Crippen LogP contribution in [0.15, 0.2) is 77.5 Å². The van der Waals surface area contributed by atoms with E-state index in [1.165, 1.54) is 54.9 Å². The summed E-state index contributed by atoms with van der Waals surface area (Å²) >= 11 is 3.09. The maximum atomic E-state index is 14.0. The van der Waals surface area contributed by atoms with Crippen molar-refractivity contribution in [2.24, 2.45) is 0 Å². The average Bonchev–Trinajstić information content (AvgIpc) is 3.62. The van der Waals surface area contributed by atoms with Crippen LogP contribution in [0.1, 0.15) is 76.1 Å². The fourth-order valence-corrected chi connectivity index (χ4v) is 4.13. The van der Waals surface area contributed by atoms with Crippen LogP contribution in [0.2, 0.25) is 0 Å². The molecule has 0 bridgehead atoms. The van der Waals surface area contributed by atoms with Gasteiger partial charge in [0.1, 0.15) is 22.8 Å². The second-order valence-corrected chi connectivity index (χ2v) is 13.0. The second kappa shape index (κ2) is 17.0. The molecule has 14 heteroatoms. The zero-order chi connectivity index (χ0) is 36.4. The third-order valence-electron chi connectivity index (χ3n) is 5.77. The van der Waals surface area contributed by atoms with Gasteiger partial charge in [0.25, 0.3) is 0 Å². The molecule has 0 unspecified atom stereocenters. The van der Waals surface area contributed by atoms with E-state index < -0.39 is 35.0 Å².